The number of hydrogen-bond acceptors (Lipinski definition) is 4. The molecule has 0 radical (unpaired) electrons. The molecular formula is C22H17N5O2. The van der Waals surface area contributed by atoms with E-state index in [4.69, 9.17) is 0 Å². The first-order chi connectivity index (χ1) is 14.2. The van der Waals surface area contributed by atoms with E-state index in [9.17, 15) is 9.59 Å². The third kappa shape index (κ3) is 4.03. The standard InChI is InChI=1S/C22H17N5O2/c28-21(15-9-3-1-4-10-15)26-24-19-17-13-7-8-14-18(17)23-20(19)25-27-22(29)16-11-5-2-6-12-16/h1-14,23-24H,(H,26,28). The number of aromatic amines is 1. The third-order valence-electron chi connectivity index (χ3n) is 4.28. The van der Waals surface area contributed by atoms with E-state index < -0.39 is 5.91 Å². The normalized spacial score (nSPS) is 10.9. The second-order valence-corrected chi connectivity index (χ2v) is 6.21. The minimum absolute atomic E-state index is 0.292. The fraction of sp³-hybridized carbons (Fsp3) is 0. The topological polar surface area (TPSA) is 98.7 Å². The molecule has 1 heterocycles. The van der Waals surface area contributed by atoms with E-state index in [0.29, 0.717) is 22.6 Å². The van der Waals surface area contributed by atoms with Gasteiger partial charge in [-0.1, -0.05) is 54.6 Å². The Kier molecular flexibility index (Phi) is 5.11. The fourth-order valence-electron chi connectivity index (χ4n) is 2.84. The number of amides is 2. The Bertz CT molecular complexity index is 1180. The van der Waals surface area contributed by atoms with Gasteiger partial charge in [0.05, 0.1) is 0 Å². The molecule has 7 heteroatoms. The molecule has 0 spiro atoms. The van der Waals surface area contributed by atoms with Crippen molar-refractivity contribution in [3.63, 3.8) is 0 Å². The van der Waals surface area contributed by atoms with Crippen molar-refractivity contribution in [3.8, 4) is 0 Å². The lowest BCUT2D eigenvalue weighted by atomic mass is 10.2. The lowest BCUT2D eigenvalue weighted by molar-refractivity contribution is 0.0960. The molecule has 0 aliphatic carbocycles. The third-order valence-corrected chi connectivity index (χ3v) is 4.28. The zero-order valence-electron chi connectivity index (χ0n) is 15.3. The highest BCUT2D eigenvalue weighted by Crippen LogP contribution is 2.33. The number of azo groups is 1. The number of hydrogen-bond donors (Lipinski definition) is 3. The van der Waals surface area contributed by atoms with Crippen LogP contribution < -0.4 is 10.9 Å². The van der Waals surface area contributed by atoms with Crippen LogP contribution in [0, 0.1) is 0 Å². The average Bonchev–Trinajstić information content (AvgIpc) is 3.14. The van der Waals surface area contributed by atoms with Gasteiger partial charge in [0, 0.05) is 22.0 Å². The molecule has 2 amide bonds. The monoisotopic (exact) mass is 383 g/mol. The Hall–Kier alpha value is -4.26. The van der Waals surface area contributed by atoms with Crippen molar-refractivity contribution in [3.05, 3.63) is 96.1 Å². The smallest absolute Gasteiger partial charge is 0.295 e. The summed E-state index contributed by atoms with van der Waals surface area (Å²) in [5, 5.41) is 8.69. The number of carbonyl (C=O) groups excluding carboxylic acids is 2. The SMILES string of the molecule is O=C(N=Nc1[nH]c2ccccc2c1NNC(=O)c1ccccc1)c1ccccc1. The maximum Gasteiger partial charge on any atom is 0.295 e. The molecule has 0 aliphatic rings. The number of nitrogens with zero attached hydrogens (tertiary/aromatic N) is 2. The molecule has 0 saturated heterocycles. The van der Waals surface area contributed by atoms with Gasteiger partial charge in [-0.25, -0.2) is 0 Å². The molecule has 0 bridgehead atoms. The van der Waals surface area contributed by atoms with E-state index >= 15 is 0 Å². The van der Waals surface area contributed by atoms with Crippen LogP contribution in [-0.2, 0) is 0 Å². The summed E-state index contributed by atoms with van der Waals surface area (Å²) in [6, 6.07) is 25.0. The van der Waals surface area contributed by atoms with Crippen molar-refractivity contribution < 1.29 is 9.59 Å². The summed E-state index contributed by atoms with van der Waals surface area (Å²) >= 11 is 0. The maximum atomic E-state index is 12.3. The van der Waals surface area contributed by atoms with Crippen molar-refractivity contribution in [1.29, 1.82) is 0 Å². The van der Waals surface area contributed by atoms with Gasteiger partial charge in [0.15, 0.2) is 5.82 Å². The summed E-state index contributed by atoms with van der Waals surface area (Å²) < 4.78 is 0. The van der Waals surface area contributed by atoms with E-state index in [1.54, 1.807) is 48.5 Å². The van der Waals surface area contributed by atoms with Gasteiger partial charge in [0.2, 0.25) is 0 Å². The van der Waals surface area contributed by atoms with Gasteiger partial charge in [-0.15, -0.1) is 10.2 Å². The molecule has 7 nitrogen and oxygen atoms in total. The average molecular weight is 383 g/mol. The van der Waals surface area contributed by atoms with Gasteiger partial charge in [0.25, 0.3) is 11.8 Å². The van der Waals surface area contributed by atoms with Crippen LogP contribution in [0.3, 0.4) is 0 Å². The molecular weight excluding hydrogens is 366 g/mol. The summed E-state index contributed by atoms with van der Waals surface area (Å²) in [7, 11) is 0. The Morgan fingerprint density at radius 1 is 0.759 bits per heavy atom. The first-order valence-electron chi connectivity index (χ1n) is 8.95. The number of hydrazine groups is 1. The summed E-state index contributed by atoms with van der Waals surface area (Å²) in [6.45, 7) is 0. The van der Waals surface area contributed by atoms with Crippen molar-refractivity contribution in [2.75, 3.05) is 5.43 Å². The van der Waals surface area contributed by atoms with Crippen LogP contribution in [0.25, 0.3) is 10.9 Å². The predicted octanol–water partition coefficient (Wildman–Crippen LogP) is 4.85. The second-order valence-electron chi connectivity index (χ2n) is 6.21. The van der Waals surface area contributed by atoms with E-state index in [2.05, 4.69) is 26.1 Å². The molecule has 4 aromatic rings. The highest BCUT2D eigenvalue weighted by Gasteiger charge is 2.13. The Labute approximate surface area is 166 Å². The highest BCUT2D eigenvalue weighted by atomic mass is 16.2. The first kappa shape index (κ1) is 18.1. The van der Waals surface area contributed by atoms with E-state index in [0.717, 1.165) is 10.9 Å². The van der Waals surface area contributed by atoms with Crippen LogP contribution in [0.4, 0.5) is 11.5 Å². The second kappa shape index (κ2) is 8.18. The number of fused-ring (bicyclic) bond motifs is 1. The summed E-state index contributed by atoms with van der Waals surface area (Å²) in [6.07, 6.45) is 0. The van der Waals surface area contributed by atoms with Crippen molar-refractivity contribution in [2.24, 2.45) is 10.2 Å². The van der Waals surface area contributed by atoms with Gasteiger partial charge < -0.3 is 4.98 Å². The summed E-state index contributed by atoms with van der Waals surface area (Å²) in [5.41, 5.74) is 7.84. The first-order valence-corrected chi connectivity index (χ1v) is 8.95. The molecule has 0 unspecified atom stereocenters. The number of anilines is 1. The number of para-hydroxylation sites is 1. The number of benzene rings is 3. The van der Waals surface area contributed by atoms with Crippen molar-refractivity contribution in [2.45, 2.75) is 0 Å². The van der Waals surface area contributed by atoms with Gasteiger partial charge in [-0.3, -0.25) is 20.4 Å². The van der Waals surface area contributed by atoms with Gasteiger partial charge in [-0.05, 0) is 30.3 Å². The number of nitrogens with one attached hydrogen (secondary N) is 3. The molecule has 3 N–H and O–H groups in total. The minimum atomic E-state index is -0.455. The fourth-order valence-corrected chi connectivity index (χ4v) is 2.84. The lowest BCUT2D eigenvalue weighted by Gasteiger charge is -2.08. The zero-order valence-corrected chi connectivity index (χ0v) is 15.3. The van der Waals surface area contributed by atoms with E-state index in [-0.39, 0.29) is 5.91 Å². The van der Waals surface area contributed by atoms with E-state index in [1.165, 1.54) is 0 Å². The zero-order chi connectivity index (χ0) is 20.1. The highest BCUT2D eigenvalue weighted by molar-refractivity contribution is 6.01. The van der Waals surface area contributed by atoms with Gasteiger partial charge >= 0.3 is 0 Å². The van der Waals surface area contributed by atoms with Crippen molar-refractivity contribution in [1.82, 2.24) is 10.4 Å². The molecule has 0 saturated carbocycles. The number of H-pyrrole nitrogens is 1. The summed E-state index contributed by atoms with van der Waals surface area (Å²) in [4.78, 5) is 27.7. The largest absolute Gasteiger partial charge is 0.336 e. The molecule has 0 atom stereocenters. The molecule has 0 fully saturated rings. The number of carbonyl (C=O) groups is 2. The predicted molar refractivity (Wildman–Crippen MR) is 111 cm³/mol. The quantitative estimate of drug-likeness (QED) is 0.339. The number of aromatic nitrogens is 1. The van der Waals surface area contributed by atoms with Crippen LogP contribution in [0.5, 0.6) is 0 Å². The van der Waals surface area contributed by atoms with Crippen LogP contribution in [0.1, 0.15) is 20.7 Å². The molecule has 1 aromatic heterocycles. The van der Waals surface area contributed by atoms with Crippen LogP contribution >= 0.6 is 0 Å². The number of rotatable bonds is 5. The molecule has 142 valence electrons. The van der Waals surface area contributed by atoms with Crippen LogP contribution in [-0.4, -0.2) is 16.8 Å². The maximum absolute atomic E-state index is 12.3. The van der Waals surface area contributed by atoms with Crippen molar-refractivity contribution >= 4 is 34.2 Å². The molecule has 0 aliphatic heterocycles. The Morgan fingerprint density at radius 2 is 1.38 bits per heavy atom. The molecule has 29 heavy (non-hydrogen) atoms. The Morgan fingerprint density at radius 3 is 2.10 bits per heavy atom. The van der Waals surface area contributed by atoms with E-state index in [1.807, 2.05) is 36.4 Å². The van der Waals surface area contributed by atoms with Gasteiger partial charge in [0.1, 0.15) is 5.69 Å². The molecule has 3 aromatic carbocycles. The lowest BCUT2D eigenvalue weighted by Crippen LogP contribution is -2.29. The Balaban J connectivity index is 1.60. The van der Waals surface area contributed by atoms with Gasteiger partial charge in [-0.2, -0.15) is 0 Å². The van der Waals surface area contributed by atoms with Crippen LogP contribution in [0.2, 0.25) is 0 Å². The van der Waals surface area contributed by atoms with Crippen LogP contribution in [0.15, 0.2) is 95.2 Å². The minimum Gasteiger partial charge on any atom is -0.336 e. The molecule has 4 rings (SSSR count). The summed E-state index contributed by atoms with van der Waals surface area (Å²) in [5.74, 6) is -0.411.